The molecule has 0 saturated carbocycles. The van der Waals surface area contributed by atoms with Crippen LogP contribution in [0.4, 0.5) is 4.39 Å². The summed E-state index contributed by atoms with van der Waals surface area (Å²) in [4.78, 5) is 28.0. The zero-order chi connectivity index (χ0) is 31.4. The van der Waals surface area contributed by atoms with Crippen molar-refractivity contribution in [2.24, 2.45) is 0 Å². The largest absolute Gasteiger partial charge is 0.469 e. The quantitative estimate of drug-likeness (QED) is 0.207. The number of nitrogens with zero attached hydrogens (tertiary/aromatic N) is 2. The number of amides is 1. The van der Waals surface area contributed by atoms with E-state index in [1.807, 2.05) is 77.9 Å². The Morgan fingerprint density at radius 1 is 0.886 bits per heavy atom. The number of fused-ring (bicyclic) bond motifs is 1. The van der Waals surface area contributed by atoms with Crippen LogP contribution in [-0.2, 0) is 22.6 Å². The number of ether oxygens (including phenoxy) is 1. The van der Waals surface area contributed by atoms with Gasteiger partial charge in [-0.25, -0.2) is 4.39 Å². The standard InChI is InChI=1S/C36H37FN2O5/c1-23(2)39-31(18-17-29(40)19-30(41)20-32(42)44-3)33(25-13-15-28(37)16-14-25)34(24-9-5-4-6-10-24)35(39)36(43)38-21-26-11-7-8-12-27(26)22-38/h4-18,23,29-30,40-41H,19-22H2,1-3H3/b18-17+/t29-,30-/m1/s1. The van der Waals surface area contributed by atoms with Crippen LogP contribution in [0.15, 0.2) is 84.9 Å². The molecule has 44 heavy (non-hydrogen) atoms. The Morgan fingerprint density at radius 3 is 2.07 bits per heavy atom. The molecule has 2 N–H and O–H groups in total. The van der Waals surface area contributed by atoms with Crippen LogP contribution in [0.3, 0.4) is 0 Å². The lowest BCUT2D eigenvalue weighted by molar-refractivity contribution is -0.143. The van der Waals surface area contributed by atoms with Crippen molar-refractivity contribution in [3.8, 4) is 22.3 Å². The number of aromatic nitrogens is 1. The maximum Gasteiger partial charge on any atom is 0.308 e. The number of methoxy groups -OCH3 is 1. The van der Waals surface area contributed by atoms with E-state index in [0.29, 0.717) is 35.6 Å². The number of hydrogen-bond acceptors (Lipinski definition) is 5. The van der Waals surface area contributed by atoms with Gasteiger partial charge in [0, 0.05) is 42.4 Å². The van der Waals surface area contributed by atoms with Crippen LogP contribution >= 0.6 is 0 Å². The zero-order valence-electron chi connectivity index (χ0n) is 25.1. The monoisotopic (exact) mass is 596 g/mol. The molecule has 8 heteroatoms. The third kappa shape index (κ3) is 6.51. The van der Waals surface area contributed by atoms with Crippen LogP contribution < -0.4 is 0 Å². The van der Waals surface area contributed by atoms with Crippen molar-refractivity contribution in [3.05, 3.63) is 113 Å². The summed E-state index contributed by atoms with van der Waals surface area (Å²) < 4.78 is 20.7. The van der Waals surface area contributed by atoms with Gasteiger partial charge in [-0.15, -0.1) is 0 Å². The minimum absolute atomic E-state index is 0.0801. The van der Waals surface area contributed by atoms with E-state index in [1.54, 1.807) is 24.3 Å². The van der Waals surface area contributed by atoms with Gasteiger partial charge in [0.15, 0.2) is 0 Å². The van der Waals surface area contributed by atoms with Crippen LogP contribution in [0.5, 0.6) is 0 Å². The normalized spacial score (nSPS) is 14.2. The summed E-state index contributed by atoms with van der Waals surface area (Å²) in [5.41, 5.74) is 6.35. The van der Waals surface area contributed by atoms with Crippen molar-refractivity contribution >= 4 is 18.0 Å². The van der Waals surface area contributed by atoms with E-state index in [2.05, 4.69) is 4.74 Å². The van der Waals surface area contributed by atoms with Gasteiger partial charge in [-0.3, -0.25) is 9.59 Å². The molecular formula is C36H37FN2O5. The van der Waals surface area contributed by atoms with Gasteiger partial charge in [-0.1, -0.05) is 72.8 Å². The number of aliphatic hydroxyl groups excluding tert-OH is 2. The minimum Gasteiger partial charge on any atom is -0.469 e. The summed E-state index contributed by atoms with van der Waals surface area (Å²) in [7, 11) is 1.24. The second-order valence-electron chi connectivity index (χ2n) is 11.3. The molecule has 1 aliphatic heterocycles. The van der Waals surface area contributed by atoms with Gasteiger partial charge < -0.3 is 24.4 Å². The predicted octanol–water partition coefficient (Wildman–Crippen LogP) is 6.39. The number of halogens is 1. The Labute approximate surface area is 256 Å². The molecule has 1 aromatic heterocycles. The van der Waals surface area contributed by atoms with E-state index < -0.39 is 18.2 Å². The fourth-order valence-corrected chi connectivity index (χ4v) is 5.86. The fourth-order valence-electron chi connectivity index (χ4n) is 5.86. The predicted molar refractivity (Wildman–Crippen MR) is 168 cm³/mol. The Hall–Kier alpha value is -4.53. The Morgan fingerprint density at radius 2 is 1.48 bits per heavy atom. The first kappa shape index (κ1) is 30.9. The van der Waals surface area contributed by atoms with Crippen LogP contribution in [0.25, 0.3) is 28.3 Å². The Bertz CT molecular complexity index is 1640. The second-order valence-corrected chi connectivity index (χ2v) is 11.3. The third-order valence-corrected chi connectivity index (χ3v) is 7.91. The summed E-state index contributed by atoms with van der Waals surface area (Å²) in [6.07, 6.45) is 0.804. The minimum atomic E-state index is -1.09. The first-order valence-corrected chi connectivity index (χ1v) is 14.7. The molecule has 2 atom stereocenters. The van der Waals surface area contributed by atoms with Gasteiger partial charge in [0.25, 0.3) is 5.91 Å². The molecule has 0 radical (unpaired) electrons. The van der Waals surface area contributed by atoms with Crippen molar-refractivity contribution in [3.63, 3.8) is 0 Å². The van der Waals surface area contributed by atoms with E-state index in [4.69, 9.17) is 0 Å². The molecule has 228 valence electrons. The molecule has 0 aliphatic carbocycles. The van der Waals surface area contributed by atoms with Gasteiger partial charge in [-0.05, 0) is 54.3 Å². The maximum atomic E-state index is 14.6. The molecule has 5 rings (SSSR count). The van der Waals surface area contributed by atoms with E-state index >= 15 is 0 Å². The van der Waals surface area contributed by atoms with Gasteiger partial charge in [0.05, 0.1) is 25.7 Å². The number of rotatable bonds is 10. The van der Waals surface area contributed by atoms with Gasteiger partial charge in [-0.2, -0.15) is 0 Å². The lowest BCUT2D eigenvalue weighted by atomic mass is 9.94. The van der Waals surface area contributed by atoms with E-state index in [0.717, 1.165) is 22.3 Å². The number of benzene rings is 3. The Balaban J connectivity index is 1.69. The second kappa shape index (κ2) is 13.4. The van der Waals surface area contributed by atoms with Crippen LogP contribution in [0.1, 0.15) is 60.0 Å². The number of aliphatic hydroxyl groups is 2. The molecule has 1 amide bonds. The summed E-state index contributed by atoms with van der Waals surface area (Å²) in [5.74, 6) is -1.08. The summed E-state index contributed by atoms with van der Waals surface area (Å²) >= 11 is 0. The lowest BCUT2D eigenvalue weighted by Gasteiger charge is -2.21. The molecule has 1 aliphatic rings. The molecule has 0 spiro atoms. The van der Waals surface area contributed by atoms with Gasteiger partial charge >= 0.3 is 5.97 Å². The van der Waals surface area contributed by atoms with Crippen molar-refractivity contribution in [1.82, 2.24) is 9.47 Å². The van der Waals surface area contributed by atoms with Crippen LogP contribution in [0, 0.1) is 5.82 Å². The van der Waals surface area contributed by atoms with Crippen LogP contribution in [-0.4, -0.2) is 50.9 Å². The molecular weight excluding hydrogens is 559 g/mol. The zero-order valence-corrected chi connectivity index (χ0v) is 25.1. The number of carbonyl (C=O) groups excluding carboxylic acids is 2. The first-order valence-electron chi connectivity index (χ1n) is 14.7. The highest BCUT2D eigenvalue weighted by atomic mass is 19.1. The highest BCUT2D eigenvalue weighted by Crippen LogP contribution is 2.43. The fraction of sp³-hybridized carbons (Fsp3) is 0.278. The first-order chi connectivity index (χ1) is 21.2. The third-order valence-electron chi connectivity index (χ3n) is 7.91. The number of carbonyl (C=O) groups is 2. The van der Waals surface area contributed by atoms with Crippen molar-refractivity contribution in [1.29, 1.82) is 0 Å². The summed E-state index contributed by atoms with van der Waals surface area (Å²) in [6.45, 7) is 4.96. The van der Waals surface area contributed by atoms with E-state index in [9.17, 15) is 24.2 Å². The smallest absolute Gasteiger partial charge is 0.308 e. The average Bonchev–Trinajstić information content (AvgIpc) is 3.60. The molecule has 3 aromatic carbocycles. The van der Waals surface area contributed by atoms with Crippen molar-refractivity contribution in [2.45, 2.75) is 58.0 Å². The Kier molecular flexibility index (Phi) is 9.42. The van der Waals surface area contributed by atoms with Crippen molar-refractivity contribution < 1.29 is 28.9 Å². The summed E-state index contributed by atoms with van der Waals surface area (Å²) in [6, 6.07) is 23.7. The molecule has 0 unspecified atom stereocenters. The molecule has 7 nitrogen and oxygen atoms in total. The molecule has 4 aromatic rings. The van der Waals surface area contributed by atoms with Crippen molar-refractivity contribution in [2.75, 3.05) is 7.11 Å². The topological polar surface area (TPSA) is 92.0 Å². The summed E-state index contributed by atoms with van der Waals surface area (Å²) in [5, 5.41) is 21.1. The average molecular weight is 597 g/mol. The maximum absolute atomic E-state index is 14.6. The van der Waals surface area contributed by atoms with Crippen LogP contribution in [0.2, 0.25) is 0 Å². The highest BCUT2D eigenvalue weighted by molar-refractivity contribution is 6.06. The molecule has 0 bridgehead atoms. The highest BCUT2D eigenvalue weighted by Gasteiger charge is 2.33. The van der Waals surface area contributed by atoms with E-state index in [-0.39, 0.29) is 30.6 Å². The molecule has 0 fully saturated rings. The molecule has 0 saturated heterocycles. The van der Waals surface area contributed by atoms with Gasteiger partial charge in [0.1, 0.15) is 11.5 Å². The van der Waals surface area contributed by atoms with E-state index in [1.165, 1.54) is 19.2 Å². The molecule has 2 heterocycles. The number of hydrogen-bond donors (Lipinski definition) is 2. The SMILES string of the molecule is COC(=O)C[C@H](O)C[C@H](O)/C=C/c1c(-c2ccc(F)cc2)c(-c2ccccc2)c(C(=O)N2Cc3ccccc3C2)n1C(C)C. The van der Waals surface area contributed by atoms with Gasteiger partial charge in [0.2, 0.25) is 0 Å². The number of esters is 1. The lowest BCUT2D eigenvalue weighted by Crippen LogP contribution is -2.29.